The summed E-state index contributed by atoms with van der Waals surface area (Å²) in [6, 6.07) is 6.73. The van der Waals surface area contributed by atoms with Crippen LogP contribution in [0, 0.1) is 17.0 Å². The van der Waals surface area contributed by atoms with Crippen LogP contribution in [0.2, 0.25) is 0 Å². The fraction of sp³-hybridized carbons (Fsp3) is 0.0833. The molecule has 1 aromatic carbocycles. The summed E-state index contributed by atoms with van der Waals surface area (Å²) in [5.41, 5.74) is 0.574. The number of hydrogen-bond acceptors (Lipinski definition) is 5. The van der Waals surface area contributed by atoms with Gasteiger partial charge in [-0.05, 0) is 40.5 Å². The molecule has 0 aliphatic carbocycles. The van der Waals surface area contributed by atoms with Gasteiger partial charge in [-0.3, -0.25) is 14.8 Å². The molecular formula is C12H10BrN3O4S. The molecular weight excluding hydrogens is 362 g/mol. The maximum absolute atomic E-state index is 12.3. The fourth-order valence-corrected chi connectivity index (χ4v) is 3.52. The molecule has 0 radical (unpaired) electrons. The monoisotopic (exact) mass is 371 g/mol. The van der Waals surface area contributed by atoms with Crippen molar-refractivity contribution in [1.82, 2.24) is 4.98 Å². The standard InChI is InChI=1S/C12H10BrN3O4S/c1-8-2-5-12(14-7-8)15-21(19,20)11-6-9(16(17)18)3-4-10(11)13/h2-7H,1H3,(H,14,15). The van der Waals surface area contributed by atoms with Crippen LogP contribution in [-0.4, -0.2) is 18.3 Å². The molecule has 0 saturated carbocycles. The molecule has 0 unspecified atom stereocenters. The van der Waals surface area contributed by atoms with Gasteiger partial charge in [0, 0.05) is 22.8 Å². The van der Waals surface area contributed by atoms with Gasteiger partial charge in [-0.15, -0.1) is 0 Å². The molecule has 21 heavy (non-hydrogen) atoms. The number of hydrogen-bond donors (Lipinski definition) is 1. The molecule has 1 aromatic heterocycles. The number of benzene rings is 1. The summed E-state index contributed by atoms with van der Waals surface area (Å²) >= 11 is 3.08. The summed E-state index contributed by atoms with van der Waals surface area (Å²) in [5, 5.41) is 10.7. The normalized spacial score (nSPS) is 11.1. The number of anilines is 1. The first-order chi connectivity index (χ1) is 9.79. The molecule has 0 bridgehead atoms. The molecule has 0 aliphatic rings. The van der Waals surface area contributed by atoms with E-state index in [1.807, 2.05) is 6.92 Å². The quantitative estimate of drug-likeness (QED) is 0.657. The lowest BCUT2D eigenvalue weighted by atomic mass is 10.3. The molecule has 9 heteroatoms. The number of rotatable bonds is 4. The van der Waals surface area contributed by atoms with Gasteiger partial charge in [0.15, 0.2) is 0 Å². The molecule has 7 nitrogen and oxygen atoms in total. The lowest BCUT2D eigenvalue weighted by Gasteiger charge is -2.09. The van der Waals surface area contributed by atoms with Crippen LogP contribution in [0.5, 0.6) is 0 Å². The average molecular weight is 372 g/mol. The van der Waals surface area contributed by atoms with Crippen molar-refractivity contribution in [3.8, 4) is 0 Å². The summed E-state index contributed by atoms with van der Waals surface area (Å²) in [7, 11) is -3.98. The van der Waals surface area contributed by atoms with Gasteiger partial charge in [-0.1, -0.05) is 6.07 Å². The van der Waals surface area contributed by atoms with E-state index in [-0.39, 0.29) is 20.9 Å². The predicted molar refractivity (Wildman–Crippen MR) is 80.6 cm³/mol. The number of aryl methyl sites for hydroxylation is 1. The largest absolute Gasteiger partial charge is 0.270 e. The zero-order valence-corrected chi connectivity index (χ0v) is 13.2. The number of nitrogens with one attached hydrogen (secondary N) is 1. The highest BCUT2D eigenvalue weighted by Crippen LogP contribution is 2.27. The third kappa shape index (κ3) is 3.56. The second-order valence-corrected chi connectivity index (χ2v) is 6.70. The number of pyridine rings is 1. The van der Waals surface area contributed by atoms with Crippen LogP contribution in [0.15, 0.2) is 45.9 Å². The molecule has 0 spiro atoms. The first kappa shape index (κ1) is 15.4. The van der Waals surface area contributed by atoms with Gasteiger partial charge in [-0.25, -0.2) is 13.4 Å². The molecule has 0 fully saturated rings. The van der Waals surface area contributed by atoms with E-state index >= 15 is 0 Å². The van der Waals surface area contributed by atoms with Crippen molar-refractivity contribution in [3.63, 3.8) is 0 Å². The van der Waals surface area contributed by atoms with Gasteiger partial charge in [-0.2, -0.15) is 0 Å². The Hall–Kier alpha value is -2.00. The smallest absolute Gasteiger partial charge is 0.263 e. The predicted octanol–water partition coefficient (Wildman–Crippen LogP) is 2.86. The maximum atomic E-state index is 12.3. The lowest BCUT2D eigenvalue weighted by Crippen LogP contribution is -2.14. The van der Waals surface area contributed by atoms with Crippen molar-refractivity contribution in [2.75, 3.05) is 4.72 Å². The van der Waals surface area contributed by atoms with Crippen molar-refractivity contribution < 1.29 is 13.3 Å². The lowest BCUT2D eigenvalue weighted by molar-refractivity contribution is -0.385. The number of halogens is 1. The Morgan fingerprint density at radius 1 is 1.29 bits per heavy atom. The van der Waals surface area contributed by atoms with Crippen LogP contribution in [0.25, 0.3) is 0 Å². The van der Waals surface area contributed by atoms with E-state index in [1.165, 1.54) is 24.4 Å². The zero-order chi connectivity index (χ0) is 15.6. The zero-order valence-electron chi connectivity index (χ0n) is 10.8. The highest BCUT2D eigenvalue weighted by atomic mass is 79.9. The Balaban J connectivity index is 2.41. The van der Waals surface area contributed by atoms with Crippen LogP contribution in [0.3, 0.4) is 0 Å². The second-order valence-electron chi connectivity index (χ2n) is 4.20. The molecule has 2 rings (SSSR count). The van der Waals surface area contributed by atoms with E-state index < -0.39 is 14.9 Å². The Morgan fingerprint density at radius 2 is 2.00 bits per heavy atom. The van der Waals surface area contributed by atoms with E-state index in [1.54, 1.807) is 6.07 Å². The molecule has 2 aromatic rings. The van der Waals surface area contributed by atoms with E-state index in [0.29, 0.717) is 0 Å². The van der Waals surface area contributed by atoms with Crippen LogP contribution >= 0.6 is 15.9 Å². The Labute approximate surface area is 129 Å². The van der Waals surface area contributed by atoms with E-state index in [9.17, 15) is 18.5 Å². The molecule has 0 aliphatic heterocycles. The Bertz CT molecular complexity index is 791. The van der Waals surface area contributed by atoms with Crippen molar-refractivity contribution in [2.45, 2.75) is 11.8 Å². The first-order valence-corrected chi connectivity index (χ1v) is 7.96. The van der Waals surface area contributed by atoms with Crippen molar-refractivity contribution >= 4 is 37.5 Å². The van der Waals surface area contributed by atoms with Crippen LogP contribution in [0.4, 0.5) is 11.5 Å². The van der Waals surface area contributed by atoms with Gasteiger partial charge >= 0.3 is 0 Å². The molecule has 1 N–H and O–H groups in total. The van der Waals surface area contributed by atoms with E-state index in [4.69, 9.17) is 0 Å². The van der Waals surface area contributed by atoms with Crippen LogP contribution in [0.1, 0.15) is 5.56 Å². The summed E-state index contributed by atoms with van der Waals surface area (Å²) in [5.74, 6) is 0.138. The number of nitro groups is 1. The van der Waals surface area contributed by atoms with Crippen LogP contribution in [-0.2, 0) is 10.0 Å². The minimum Gasteiger partial charge on any atom is -0.263 e. The highest BCUT2D eigenvalue weighted by molar-refractivity contribution is 9.10. The molecule has 0 atom stereocenters. The summed E-state index contributed by atoms with van der Waals surface area (Å²) in [4.78, 5) is 13.8. The minimum atomic E-state index is -3.98. The molecule has 0 amide bonds. The number of non-ortho nitro benzene ring substituents is 1. The van der Waals surface area contributed by atoms with Gasteiger partial charge in [0.2, 0.25) is 0 Å². The SMILES string of the molecule is Cc1ccc(NS(=O)(=O)c2cc([N+](=O)[O-])ccc2Br)nc1. The van der Waals surface area contributed by atoms with E-state index in [0.717, 1.165) is 11.6 Å². The topological polar surface area (TPSA) is 102 Å². The van der Waals surface area contributed by atoms with Crippen molar-refractivity contribution in [3.05, 3.63) is 56.7 Å². The molecule has 1 heterocycles. The minimum absolute atomic E-state index is 0.138. The summed E-state index contributed by atoms with van der Waals surface area (Å²) in [6.07, 6.45) is 1.51. The number of aromatic nitrogens is 1. The van der Waals surface area contributed by atoms with Gasteiger partial charge in [0.25, 0.3) is 15.7 Å². The number of nitro benzene ring substituents is 1. The van der Waals surface area contributed by atoms with Crippen molar-refractivity contribution in [2.24, 2.45) is 0 Å². The van der Waals surface area contributed by atoms with Gasteiger partial charge in [0.1, 0.15) is 10.7 Å². The fourth-order valence-electron chi connectivity index (χ4n) is 1.53. The number of sulfonamides is 1. The van der Waals surface area contributed by atoms with E-state index in [2.05, 4.69) is 25.6 Å². The number of nitrogens with zero attached hydrogens (tertiary/aromatic N) is 2. The van der Waals surface area contributed by atoms with Gasteiger partial charge in [0.05, 0.1) is 4.92 Å². The second kappa shape index (κ2) is 5.78. The molecule has 0 saturated heterocycles. The van der Waals surface area contributed by atoms with Crippen LogP contribution < -0.4 is 4.72 Å². The summed E-state index contributed by atoms with van der Waals surface area (Å²) in [6.45, 7) is 1.82. The summed E-state index contributed by atoms with van der Waals surface area (Å²) < 4.78 is 27.1. The third-order valence-electron chi connectivity index (χ3n) is 2.57. The Kier molecular flexibility index (Phi) is 4.24. The highest BCUT2D eigenvalue weighted by Gasteiger charge is 2.21. The maximum Gasteiger partial charge on any atom is 0.270 e. The Morgan fingerprint density at radius 3 is 2.57 bits per heavy atom. The van der Waals surface area contributed by atoms with Gasteiger partial charge < -0.3 is 0 Å². The third-order valence-corrected chi connectivity index (χ3v) is 4.91. The first-order valence-electron chi connectivity index (χ1n) is 5.69. The molecule has 110 valence electrons. The average Bonchev–Trinajstić information content (AvgIpc) is 2.41. The van der Waals surface area contributed by atoms with Crippen molar-refractivity contribution in [1.29, 1.82) is 0 Å².